The van der Waals surface area contributed by atoms with E-state index in [9.17, 15) is 14.7 Å². The highest BCUT2D eigenvalue weighted by Gasteiger charge is 2.44. The van der Waals surface area contributed by atoms with E-state index in [0.717, 1.165) is 132 Å². The fraction of sp³-hybridized carbons (Fsp3) is 0.491. The molecule has 3 aromatic carbocycles. The highest BCUT2D eigenvalue weighted by molar-refractivity contribution is 7.21. The van der Waals surface area contributed by atoms with Crippen molar-refractivity contribution in [2.45, 2.75) is 83.3 Å². The maximum atomic E-state index is 14.3. The normalized spacial score (nSPS) is 20.6. The van der Waals surface area contributed by atoms with Crippen molar-refractivity contribution in [3.63, 3.8) is 0 Å². The molecule has 6 aromatic rings. The van der Waals surface area contributed by atoms with Crippen LogP contribution < -0.4 is 19.9 Å². The number of thiazole rings is 2. The first-order chi connectivity index (χ1) is 34.0. The second-order valence-corrected chi connectivity index (χ2v) is 21.6. The number of piperidine rings is 1. The van der Waals surface area contributed by atoms with Crippen molar-refractivity contribution < 1.29 is 28.7 Å². The second-order valence-electron chi connectivity index (χ2n) is 19.8. The third kappa shape index (κ3) is 10.6. The summed E-state index contributed by atoms with van der Waals surface area (Å²) in [5.41, 5.74) is 8.22. The smallest absolute Gasteiger partial charge is 0.243 e. The predicted octanol–water partition coefficient (Wildman–Crippen LogP) is 7.46. The summed E-state index contributed by atoms with van der Waals surface area (Å²) in [6, 6.07) is 23.7. The molecule has 2 N–H and O–H groups in total. The number of nitrogens with one attached hydrogen (secondary N) is 1. The standard InChI is InChI=1S/C53H65N9O6S2/c1-33(2)49(53(65)62-29-40(63)26-45(62)51(64)55-34(3)36-6-8-37(9-7-36)50-35(4)54-32-69-50)46-28-48(57-68-46)60-24-22-59(23-25-60)21-20-58-18-16-41(17-19-58)67-43-30-61(31-43)39-12-10-38(11-13-39)52-56-44-15-14-42(66-5)27-47(44)70-52/h6-15,27-28,32-34,40-41,43,45,49,63H,16-26,29-31H2,1-5H3,(H,55,64)/t34-,40+,45-,49?/m0/s1. The van der Waals surface area contributed by atoms with E-state index in [1.807, 2.05) is 81.7 Å². The van der Waals surface area contributed by atoms with Crippen LogP contribution in [0.5, 0.6) is 5.75 Å². The van der Waals surface area contributed by atoms with Crippen LogP contribution >= 0.6 is 22.7 Å². The van der Waals surface area contributed by atoms with Gasteiger partial charge in [0.15, 0.2) is 11.6 Å². The number of aliphatic hydroxyl groups is 1. The lowest BCUT2D eigenvalue weighted by molar-refractivity contribution is -0.141. The van der Waals surface area contributed by atoms with Gasteiger partial charge in [-0.2, -0.15) is 0 Å². The van der Waals surface area contributed by atoms with E-state index in [4.69, 9.17) is 19.0 Å². The molecule has 4 aliphatic rings. The molecule has 7 heterocycles. The number of piperazine rings is 1. The topological polar surface area (TPSA) is 153 Å². The minimum Gasteiger partial charge on any atom is -0.497 e. The fourth-order valence-corrected chi connectivity index (χ4v) is 12.2. The number of likely N-dealkylation sites (tertiary alicyclic amines) is 2. The summed E-state index contributed by atoms with van der Waals surface area (Å²) in [4.78, 5) is 49.7. The van der Waals surface area contributed by atoms with Crippen molar-refractivity contribution in [3.8, 4) is 26.8 Å². The number of carbonyl (C=O) groups excluding carboxylic acids is 2. The molecule has 4 aliphatic heterocycles. The zero-order valence-electron chi connectivity index (χ0n) is 40.8. The molecule has 2 amide bonds. The third-order valence-corrected chi connectivity index (χ3v) is 16.7. The number of carbonyl (C=O) groups is 2. The highest BCUT2D eigenvalue weighted by Crippen LogP contribution is 2.36. The molecule has 0 spiro atoms. The van der Waals surface area contributed by atoms with Gasteiger partial charge in [0.05, 0.1) is 57.8 Å². The molecule has 0 aliphatic carbocycles. The van der Waals surface area contributed by atoms with Crippen molar-refractivity contribution in [2.24, 2.45) is 5.92 Å². The Labute approximate surface area is 418 Å². The average molecular weight is 988 g/mol. The van der Waals surface area contributed by atoms with Gasteiger partial charge in [0.1, 0.15) is 22.7 Å². The lowest BCUT2D eigenvalue weighted by Crippen LogP contribution is -2.54. The highest BCUT2D eigenvalue weighted by atomic mass is 32.1. The monoisotopic (exact) mass is 987 g/mol. The quantitative estimate of drug-likeness (QED) is 0.0988. The number of aryl methyl sites for hydroxylation is 1. The van der Waals surface area contributed by atoms with Gasteiger partial charge in [0, 0.05) is 95.7 Å². The van der Waals surface area contributed by atoms with E-state index in [1.54, 1.807) is 29.8 Å². The van der Waals surface area contributed by atoms with Gasteiger partial charge >= 0.3 is 0 Å². The van der Waals surface area contributed by atoms with Gasteiger partial charge in [0.2, 0.25) is 11.8 Å². The first-order valence-electron chi connectivity index (χ1n) is 24.9. The van der Waals surface area contributed by atoms with Crippen LogP contribution in [-0.4, -0.2) is 150 Å². The van der Waals surface area contributed by atoms with Crippen molar-refractivity contribution in [3.05, 3.63) is 95.3 Å². The molecule has 3 aromatic heterocycles. The Bertz CT molecular complexity index is 2720. The zero-order chi connectivity index (χ0) is 48.5. The Hall–Kier alpha value is -5.43. The van der Waals surface area contributed by atoms with Gasteiger partial charge in [0.25, 0.3) is 0 Å². The molecule has 10 rings (SSSR count). The zero-order valence-corrected chi connectivity index (χ0v) is 42.5. The lowest BCUT2D eigenvalue weighted by Gasteiger charge is -2.43. The second kappa shape index (κ2) is 21.1. The number of methoxy groups -OCH3 is 1. The number of aromatic nitrogens is 3. The van der Waals surface area contributed by atoms with Gasteiger partial charge in [-0.1, -0.05) is 43.3 Å². The Kier molecular flexibility index (Phi) is 14.5. The number of ether oxygens (including phenoxy) is 2. The number of hydrogen-bond acceptors (Lipinski definition) is 15. The van der Waals surface area contributed by atoms with Crippen LogP contribution in [0.2, 0.25) is 0 Å². The SMILES string of the molecule is COc1ccc2nc(-c3ccc(N4CC(OC5CCN(CCN6CCN(c7cc(C(C(=O)N8C[C@H](O)C[C@H]8C(=O)N[C@@H](C)c8ccc(-c9scnc9C)cc8)C(C)C)on7)CC6)CC5)C4)cc3)sc2c1. The predicted molar refractivity (Wildman–Crippen MR) is 276 cm³/mol. The van der Waals surface area contributed by atoms with Crippen molar-refractivity contribution >= 4 is 56.2 Å². The van der Waals surface area contributed by atoms with Gasteiger partial charge < -0.3 is 44.0 Å². The lowest BCUT2D eigenvalue weighted by atomic mass is 9.91. The molecule has 4 fully saturated rings. The number of rotatable bonds is 16. The number of hydrogen-bond donors (Lipinski definition) is 2. The van der Waals surface area contributed by atoms with Crippen molar-refractivity contribution in [1.82, 2.24) is 35.1 Å². The number of β-amino-alcohol motifs (C(OH)–C–C–N with tert-alkyl or cyclic N) is 1. The van der Waals surface area contributed by atoms with E-state index in [0.29, 0.717) is 11.9 Å². The molecule has 0 radical (unpaired) electrons. The molecular weight excluding hydrogens is 923 g/mol. The summed E-state index contributed by atoms with van der Waals surface area (Å²) in [6.45, 7) is 17.5. The Balaban J connectivity index is 0.642. The Morgan fingerprint density at radius 3 is 2.26 bits per heavy atom. The average Bonchev–Trinajstić information content (AvgIpc) is 4.19. The molecule has 4 atom stereocenters. The van der Waals surface area contributed by atoms with Crippen LogP contribution in [0.4, 0.5) is 11.5 Å². The molecule has 15 nitrogen and oxygen atoms in total. The first kappa shape index (κ1) is 48.2. The number of anilines is 2. The molecular formula is C53H65N9O6S2. The van der Waals surface area contributed by atoms with Crippen LogP contribution in [0, 0.1) is 12.8 Å². The molecule has 4 saturated heterocycles. The number of fused-ring (bicyclic) bond motifs is 1. The maximum absolute atomic E-state index is 14.3. The van der Waals surface area contributed by atoms with E-state index in [2.05, 4.69) is 59.3 Å². The van der Waals surface area contributed by atoms with Crippen LogP contribution in [-0.2, 0) is 14.3 Å². The van der Waals surface area contributed by atoms with E-state index < -0.39 is 18.1 Å². The first-order valence-corrected chi connectivity index (χ1v) is 26.6. The number of aliphatic hydroxyl groups excluding tert-OH is 1. The maximum Gasteiger partial charge on any atom is 0.243 e. The summed E-state index contributed by atoms with van der Waals surface area (Å²) in [6.07, 6.45) is 2.11. The van der Waals surface area contributed by atoms with Crippen molar-refractivity contribution in [1.29, 1.82) is 0 Å². The van der Waals surface area contributed by atoms with Crippen molar-refractivity contribution in [2.75, 3.05) is 88.9 Å². The summed E-state index contributed by atoms with van der Waals surface area (Å²) in [7, 11) is 1.69. The molecule has 17 heteroatoms. The molecule has 370 valence electrons. The molecule has 0 saturated carbocycles. The number of benzene rings is 3. The number of amides is 2. The van der Waals surface area contributed by atoms with Crippen LogP contribution in [0.15, 0.2) is 82.8 Å². The molecule has 1 unspecified atom stereocenters. The summed E-state index contributed by atoms with van der Waals surface area (Å²) in [5.74, 6) is 0.784. The molecule has 70 heavy (non-hydrogen) atoms. The largest absolute Gasteiger partial charge is 0.497 e. The fourth-order valence-electron chi connectivity index (χ4n) is 10.4. The minimum atomic E-state index is -0.794. The summed E-state index contributed by atoms with van der Waals surface area (Å²) in [5, 5.41) is 19.3. The minimum absolute atomic E-state index is 0.0907. The van der Waals surface area contributed by atoms with Gasteiger partial charge in [-0.05, 0) is 86.2 Å². The van der Waals surface area contributed by atoms with E-state index in [-0.39, 0.29) is 42.8 Å². The van der Waals surface area contributed by atoms with Crippen LogP contribution in [0.1, 0.15) is 69.0 Å². The van der Waals surface area contributed by atoms with Gasteiger partial charge in [-0.25, -0.2) is 9.97 Å². The van der Waals surface area contributed by atoms with Gasteiger partial charge in [-0.15, -0.1) is 22.7 Å². The number of nitrogens with zero attached hydrogens (tertiary/aromatic N) is 8. The third-order valence-electron chi connectivity index (χ3n) is 14.7. The van der Waals surface area contributed by atoms with Gasteiger partial charge in [-0.3, -0.25) is 14.5 Å². The van der Waals surface area contributed by atoms with E-state index >= 15 is 0 Å². The van der Waals surface area contributed by atoms with Crippen LogP contribution in [0.3, 0.4) is 0 Å². The summed E-state index contributed by atoms with van der Waals surface area (Å²) < 4.78 is 19.0. The Morgan fingerprint density at radius 2 is 1.57 bits per heavy atom. The van der Waals surface area contributed by atoms with E-state index in [1.165, 1.54) is 10.6 Å². The van der Waals surface area contributed by atoms with Crippen LogP contribution in [0.25, 0.3) is 31.2 Å². The Morgan fingerprint density at radius 1 is 0.857 bits per heavy atom. The molecule has 0 bridgehead atoms. The summed E-state index contributed by atoms with van der Waals surface area (Å²) >= 11 is 3.29.